The van der Waals surface area contributed by atoms with E-state index in [0.717, 1.165) is 35.5 Å². The molecule has 0 nitrogen and oxygen atoms in total. The molecule has 1 aliphatic carbocycles. The Bertz CT molecular complexity index is 240. The molecule has 0 heteroatoms. The summed E-state index contributed by atoms with van der Waals surface area (Å²) in [7, 11) is 0. The zero-order chi connectivity index (χ0) is 15.1. The minimum atomic E-state index is 0.966. The Kier molecular flexibility index (Phi) is 8.22. The second-order valence-corrected chi connectivity index (χ2v) is 7.72. The molecule has 20 heavy (non-hydrogen) atoms. The van der Waals surface area contributed by atoms with Gasteiger partial charge in [0.15, 0.2) is 0 Å². The molecule has 0 saturated heterocycles. The molecule has 0 radical (unpaired) electrons. The van der Waals surface area contributed by atoms with Gasteiger partial charge in [-0.15, -0.1) is 0 Å². The van der Waals surface area contributed by atoms with Crippen LogP contribution in [-0.4, -0.2) is 0 Å². The summed E-state index contributed by atoms with van der Waals surface area (Å²) in [6.45, 7) is 14.6. The summed E-state index contributed by atoms with van der Waals surface area (Å²) in [6.07, 6.45) is 11.4. The lowest BCUT2D eigenvalue weighted by atomic mass is 9.89. The lowest BCUT2D eigenvalue weighted by molar-refractivity contribution is 0.345. The second kappa shape index (κ2) is 9.11. The zero-order valence-electron chi connectivity index (χ0n) is 15.1. The van der Waals surface area contributed by atoms with Gasteiger partial charge in [-0.3, -0.25) is 0 Å². The molecule has 0 amide bonds. The Morgan fingerprint density at radius 2 is 1.25 bits per heavy atom. The fourth-order valence-electron chi connectivity index (χ4n) is 4.66. The molecule has 0 N–H and O–H groups in total. The molecule has 0 aromatic heterocycles. The van der Waals surface area contributed by atoms with E-state index >= 15 is 0 Å². The third-order valence-electron chi connectivity index (χ3n) is 6.27. The van der Waals surface area contributed by atoms with Crippen LogP contribution in [-0.2, 0) is 0 Å². The van der Waals surface area contributed by atoms with Crippen LogP contribution in [0.2, 0.25) is 0 Å². The number of hydrogen-bond acceptors (Lipinski definition) is 0. The largest absolute Gasteiger partial charge is 0.0654 e. The quantitative estimate of drug-likeness (QED) is 0.384. The van der Waals surface area contributed by atoms with Crippen molar-refractivity contribution in [3.8, 4) is 0 Å². The van der Waals surface area contributed by atoms with Gasteiger partial charge in [0.05, 0.1) is 0 Å². The minimum absolute atomic E-state index is 0.966. The van der Waals surface area contributed by atoms with Crippen LogP contribution in [0, 0.1) is 35.5 Å². The molecule has 0 bridgehead atoms. The van der Waals surface area contributed by atoms with Gasteiger partial charge in [-0.1, -0.05) is 92.9 Å². The smallest absolute Gasteiger partial charge is 0.0326 e. The Labute approximate surface area is 129 Å². The van der Waals surface area contributed by atoms with E-state index in [1.54, 1.807) is 0 Å². The van der Waals surface area contributed by atoms with Crippen LogP contribution < -0.4 is 0 Å². The summed E-state index contributed by atoms with van der Waals surface area (Å²) in [5.74, 6) is 6.02. The highest BCUT2D eigenvalue weighted by molar-refractivity contribution is 4.99. The third kappa shape index (κ3) is 5.08. The van der Waals surface area contributed by atoms with Gasteiger partial charge in [0.25, 0.3) is 0 Å². The molecule has 5 unspecified atom stereocenters. The van der Waals surface area contributed by atoms with Gasteiger partial charge in [-0.25, -0.2) is 0 Å². The van der Waals surface area contributed by atoms with Crippen molar-refractivity contribution in [1.29, 1.82) is 0 Å². The summed E-state index contributed by atoms with van der Waals surface area (Å²) in [5.41, 5.74) is 0. The van der Waals surface area contributed by atoms with Crippen LogP contribution in [0.3, 0.4) is 0 Å². The maximum atomic E-state index is 2.53. The molecular weight excluding hydrogens is 240 g/mol. The third-order valence-corrected chi connectivity index (χ3v) is 6.27. The second-order valence-electron chi connectivity index (χ2n) is 7.72. The predicted octanol–water partition coefficient (Wildman–Crippen LogP) is 6.94. The van der Waals surface area contributed by atoms with Crippen molar-refractivity contribution in [2.75, 3.05) is 0 Å². The molecule has 1 saturated carbocycles. The molecule has 120 valence electrons. The van der Waals surface area contributed by atoms with Crippen LogP contribution in [0.25, 0.3) is 0 Å². The van der Waals surface area contributed by atoms with Crippen LogP contribution in [0.5, 0.6) is 0 Å². The predicted molar refractivity (Wildman–Crippen MR) is 91.9 cm³/mol. The molecule has 1 rings (SSSR count). The molecule has 1 fully saturated rings. The molecule has 5 atom stereocenters. The Morgan fingerprint density at radius 1 is 0.750 bits per heavy atom. The van der Waals surface area contributed by atoms with Crippen LogP contribution in [0.4, 0.5) is 0 Å². The average Bonchev–Trinajstić information content (AvgIpc) is 3.12. The standard InChI is InChI=1S/C20H40/c1-7-10-12-15(4)19-17(6)20(19)16(5)13-11-14-18(8-2)9-3/h15-20H,7-14H2,1-6H3. The molecular formula is C20H40. The van der Waals surface area contributed by atoms with Crippen molar-refractivity contribution >= 4 is 0 Å². The van der Waals surface area contributed by atoms with E-state index in [1.807, 2.05) is 0 Å². The molecule has 0 heterocycles. The van der Waals surface area contributed by atoms with E-state index in [1.165, 1.54) is 51.4 Å². The highest BCUT2D eigenvalue weighted by Crippen LogP contribution is 2.56. The number of hydrogen-bond donors (Lipinski definition) is 0. The first-order valence-electron chi connectivity index (χ1n) is 9.56. The van der Waals surface area contributed by atoms with Crippen molar-refractivity contribution in [3.63, 3.8) is 0 Å². The van der Waals surface area contributed by atoms with Crippen molar-refractivity contribution in [1.82, 2.24) is 0 Å². The van der Waals surface area contributed by atoms with E-state index < -0.39 is 0 Å². The van der Waals surface area contributed by atoms with Gasteiger partial charge in [-0.05, 0) is 35.5 Å². The first-order valence-corrected chi connectivity index (χ1v) is 9.56. The average molecular weight is 281 g/mol. The normalized spacial score (nSPS) is 28.6. The topological polar surface area (TPSA) is 0 Å². The van der Waals surface area contributed by atoms with E-state index in [2.05, 4.69) is 41.5 Å². The van der Waals surface area contributed by atoms with E-state index in [4.69, 9.17) is 0 Å². The highest BCUT2D eigenvalue weighted by atomic mass is 14.6. The lowest BCUT2D eigenvalue weighted by Crippen LogP contribution is -2.06. The van der Waals surface area contributed by atoms with Gasteiger partial charge < -0.3 is 0 Å². The van der Waals surface area contributed by atoms with Crippen LogP contribution in [0.1, 0.15) is 92.9 Å². The summed E-state index contributed by atoms with van der Waals surface area (Å²) < 4.78 is 0. The minimum Gasteiger partial charge on any atom is -0.0654 e. The van der Waals surface area contributed by atoms with Crippen molar-refractivity contribution < 1.29 is 0 Å². The molecule has 0 aliphatic heterocycles. The van der Waals surface area contributed by atoms with E-state index in [-0.39, 0.29) is 0 Å². The maximum Gasteiger partial charge on any atom is -0.0326 e. The number of unbranched alkanes of at least 4 members (excludes halogenated alkanes) is 1. The molecule has 0 spiro atoms. The van der Waals surface area contributed by atoms with Crippen LogP contribution >= 0.6 is 0 Å². The molecule has 0 aromatic rings. The Hall–Kier alpha value is 0. The zero-order valence-corrected chi connectivity index (χ0v) is 15.1. The van der Waals surface area contributed by atoms with Crippen molar-refractivity contribution in [2.45, 2.75) is 92.9 Å². The summed E-state index contributed by atoms with van der Waals surface area (Å²) in [5, 5.41) is 0. The van der Waals surface area contributed by atoms with Gasteiger partial charge in [0.1, 0.15) is 0 Å². The first-order chi connectivity index (χ1) is 9.56. The van der Waals surface area contributed by atoms with Gasteiger partial charge >= 0.3 is 0 Å². The monoisotopic (exact) mass is 280 g/mol. The van der Waals surface area contributed by atoms with Crippen molar-refractivity contribution in [2.24, 2.45) is 35.5 Å². The number of rotatable bonds is 11. The lowest BCUT2D eigenvalue weighted by Gasteiger charge is -2.16. The summed E-state index contributed by atoms with van der Waals surface area (Å²) in [4.78, 5) is 0. The van der Waals surface area contributed by atoms with Crippen molar-refractivity contribution in [3.05, 3.63) is 0 Å². The van der Waals surface area contributed by atoms with Gasteiger partial charge in [0.2, 0.25) is 0 Å². The fourth-order valence-corrected chi connectivity index (χ4v) is 4.66. The Balaban J connectivity index is 2.25. The highest BCUT2D eigenvalue weighted by Gasteiger charge is 2.51. The SMILES string of the molecule is CCCCC(C)C1C(C)C1C(C)CCCC(CC)CC. The summed E-state index contributed by atoms with van der Waals surface area (Å²) >= 11 is 0. The molecule has 1 aliphatic rings. The van der Waals surface area contributed by atoms with Crippen LogP contribution in [0.15, 0.2) is 0 Å². The molecule has 0 aromatic carbocycles. The Morgan fingerprint density at radius 3 is 1.70 bits per heavy atom. The van der Waals surface area contributed by atoms with Gasteiger partial charge in [-0.2, -0.15) is 0 Å². The summed E-state index contributed by atoms with van der Waals surface area (Å²) in [6, 6.07) is 0. The first kappa shape index (κ1) is 18.1. The van der Waals surface area contributed by atoms with Gasteiger partial charge in [0, 0.05) is 0 Å². The maximum absolute atomic E-state index is 2.53. The fraction of sp³-hybridized carbons (Fsp3) is 1.00. The van der Waals surface area contributed by atoms with E-state index in [0.29, 0.717) is 0 Å². The van der Waals surface area contributed by atoms with E-state index in [9.17, 15) is 0 Å².